The Bertz CT molecular complexity index is 788. The minimum absolute atomic E-state index is 0.139. The van der Waals surface area contributed by atoms with Gasteiger partial charge in [-0.3, -0.25) is 14.3 Å². The summed E-state index contributed by atoms with van der Waals surface area (Å²) in [5, 5.41) is 15.6. The van der Waals surface area contributed by atoms with Crippen LogP contribution in [0.15, 0.2) is 36.7 Å². The van der Waals surface area contributed by atoms with Gasteiger partial charge in [-0.15, -0.1) is 0 Å². The Balaban J connectivity index is 1.67. The SMILES string of the molecule is Cn1cc(N2CC[C@@H](NC(=O)c3ccc(C#N)cc3)C2=O)cn1. The zero-order chi connectivity index (χ0) is 16.4. The molecule has 1 fully saturated rings. The third-order valence-electron chi connectivity index (χ3n) is 3.79. The second-order valence-electron chi connectivity index (χ2n) is 5.37. The number of nitriles is 1. The van der Waals surface area contributed by atoms with Crippen LogP contribution in [0, 0.1) is 11.3 Å². The molecule has 1 aliphatic heterocycles. The molecule has 7 heteroatoms. The minimum atomic E-state index is -0.543. The van der Waals surface area contributed by atoms with Gasteiger partial charge in [0, 0.05) is 25.4 Å². The number of carbonyl (C=O) groups excluding carboxylic acids is 2. The van der Waals surface area contributed by atoms with Crippen LogP contribution in [-0.4, -0.2) is 34.2 Å². The molecule has 1 saturated heterocycles. The number of aryl methyl sites for hydroxylation is 1. The second kappa shape index (κ2) is 5.93. The highest BCUT2D eigenvalue weighted by molar-refractivity contribution is 6.03. The lowest BCUT2D eigenvalue weighted by molar-refractivity contribution is -0.118. The van der Waals surface area contributed by atoms with Crippen LogP contribution in [0.25, 0.3) is 0 Å². The van der Waals surface area contributed by atoms with Crippen LogP contribution in [0.2, 0.25) is 0 Å². The molecule has 2 amide bonds. The fourth-order valence-electron chi connectivity index (χ4n) is 2.56. The third kappa shape index (κ3) is 2.92. The van der Waals surface area contributed by atoms with Gasteiger partial charge in [-0.05, 0) is 30.7 Å². The van der Waals surface area contributed by atoms with Gasteiger partial charge in [-0.2, -0.15) is 10.4 Å². The molecule has 0 bridgehead atoms. The molecule has 23 heavy (non-hydrogen) atoms. The second-order valence-corrected chi connectivity index (χ2v) is 5.37. The first kappa shape index (κ1) is 14.8. The van der Waals surface area contributed by atoms with Gasteiger partial charge in [-0.1, -0.05) is 0 Å². The summed E-state index contributed by atoms with van der Waals surface area (Å²) in [4.78, 5) is 26.2. The van der Waals surface area contributed by atoms with E-state index in [1.807, 2.05) is 6.07 Å². The van der Waals surface area contributed by atoms with Crippen molar-refractivity contribution in [3.8, 4) is 6.07 Å². The molecule has 0 unspecified atom stereocenters. The lowest BCUT2D eigenvalue weighted by Gasteiger charge is -2.15. The standard InChI is InChI=1S/C16H15N5O2/c1-20-10-13(9-18-20)21-7-6-14(16(21)23)19-15(22)12-4-2-11(8-17)3-5-12/h2-5,9-10,14H,6-7H2,1H3,(H,19,22)/t14-/m1/s1. The Morgan fingerprint density at radius 3 is 2.74 bits per heavy atom. The third-order valence-corrected chi connectivity index (χ3v) is 3.79. The lowest BCUT2D eigenvalue weighted by Crippen LogP contribution is -2.41. The molecule has 1 atom stereocenters. The first-order valence-electron chi connectivity index (χ1n) is 7.19. The fourth-order valence-corrected chi connectivity index (χ4v) is 2.56. The highest BCUT2D eigenvalue weighted by Gasteiger charge is 2.34. The predicted octanol–water partition coefficient (Wildman–Crippen LogP) is 0.827. The number of hydrogen-bond acceptors (Lipinski definition) is 4. The van der Waals surface area contributed by atoms with Gasteiger partial charge >= 0.3 is 0 Å². The average molecular weight is 309 g/mol. The van der Waals surface area contributed by atoms with Crippen molar-refractivity contribution in [2.24, 2.45) is 7.05 Å². The summed E-state index contributed by atoms with van der Waals surface area (Å²) in [6, 6.07) is 7.76. The summed E-state index contributed by atoms with van der Waals surface area (Å²) < 4.78 is 1.63. The highest BCUT2D eigenvalue weighted by atomic mass is 16.2. The molecule has 1 aromatic heterocycles. The van der Waals surface area contributed by atoms with E-state index in [-0.39, 0.29) is 11.8 Å². The predicted molar refractivity (Wildman–Crippen MR) is 82.6 cm³/mol. The van der Waals surface area contributed by atoms with Gasteiger partial charge in [-0.25, -0.2) is 0 Å². The normalized spacial score (nSPS) is 17.1. The smallest absolute Gasteiger partial charge is 0.251 e. The van der Waals surface area contributed by atoms with E-state index in [4.69, 9.17) is 5.26 Å². The van der Waals surface area contributed by atoms with Gasteiger partial charge < -0.3 is 10.2 Å². The Morgan fingerprint density at radius 1 is 1.39 bits per heavy atom. The van der Waals surface area contributed by atoms with Gasteiger partial charge in [0.1, 0.15) is 6.04 Å². The van der Waals surface area contributed by atoms with Crippen LogP contribution in [0.3, 0.4) is 0 Å². The van der Waals surface area contributed by atoms with E-state index in [0.717, 1.165) is 5.69 Å². The van der Waals surface area contributed by atoms with Gasteiger partial charge in [0.05, 0.1) is 23.5 Å². The lowest BCUT2D eigenvalue weighted by atomic mass is 10.1. The van der Waals surface area contributed by atoms with Gasteiger partial charge in [0.2, 0.25) is 5.91 Å². The molecular formula is C16H15N5O2. The molecule has 1 N–H and O–H groups in total. The highest BCUT2D eigenvalue weighted by Crippen LogP contribution is 2.20. The van der Waals surface area contributed by atoms with Crippen molar-refractivity contribution in [3.05, 3.63) is 47.8 Å². The van der Waals surface area contributed by atoms with E-state index in [9.17, 15) is 9.59 Å². The topological polar surface area (TPSA) is 91.0 Å². The number of rotatable bonds is 3. The van der Waals surface area contributed by atoms with Gasteiger partial charge in [0.25, 0.3) is 5.91 Å². The van der Waals surface area contributed by atoms with E-state index in [0.29, 0.717) is 24.1 Å². The Morgan fingerprint density at radius 2 is 2.13 bits per heavy atom. The molecule has 3 rings (SSSR count). The van der Waals surface area contributed by atoms with E-state index < -0.39 is 6.04 Å². The minimum Gasteiger partial charge on any atom is -0.340 e. The quantitative estimate of drug-likeness (QED) is 0.909. The molecular weight excluding hydrogens is 294 g/mol. The number of nitrogens with zero attached hydrogens (tertiary/aromatic N) is 4. The number of hydrogen-bond donors (Lipinski definition) is 1. The van der Waals surface area contributed by atoms with Crippen LogP contribution in [-0.2, 0) is 11.8 Å². The van der Waals surface area contributed by atoms with Crippen molar-refractivity contribution in [2.45, 2.75) is 12.5 Å². The van der Waals surface area contributed by atoms with Crippen molar-refractivity contribution in [2.75, 3.05) is 11.4 Å². The van der Waals surface area contributed by atoms with E-state index in [2.05, 4.69) is 10.4 Å². The largest absolute Gasteiger partial charge is 0.340 e. The van der Waals surface area contributed by atoms with Crippen molar-refractivity contribution in [1.29, 1.82) is 5.26 Å². The summed E-state index contributed by atoms with van der Waals surface area (Å²) in [6.45, 7) is 0.544. The number of carbonyl (C=O) groups is 2. The number of amides is 2. The first-order valence-corrected chi connectivity index (χ1v) is 7.19. The number of aromatic nitrogens is 2. The fraction of sp³-hybridized carbons (Fsp3) is 0.250. The molecule has 0 saturated carbocycles. The zero-order valence-electron chi connectivity index (χ0n) is 12.6. The van der Waals surface area contributed by atoms with E-state index >= 15 is 0 Å². The molecule has 7 nitrogen and oxygen atoms in total. The van der Waals surface area contributed by atoms with Crippen molar-refractivity contribution in [3.63, 3.8) is 0 Å². The Hall–Kier alpha value is -3.14. The van der Waals surface area contributed by atoms with Crippen LogP contribution >= 0.6 is 0 Å². The Kier molecular flexibility index (Phi) is 3.81. The van der Waals surface area contributed by atoms with Crippen molar-refractivity contribution < 1.29 is 9.59 Å². The van der Waals surface area contributed by atoms with E-state index in [1.165, 1.54) is 0 Å². The zero-order valence-corrected chi connectivity index (χ0v) is 12.6. The maximum absolute atomic E-state index is 12.4. The molecule has 0 aliphatic carbocycles. The maximum atomic E-state index is 12.4. The number of benzene rings is 1. The summed E-state index contributed by atoms with van der Waals surface area (Å²) >= 11 is 0. The number of anilines is 1. The van der Waals surface area contributed by atoms with Crippen molar-refractivity contribution in [1.82, 2.24) is 15.1 Å². The summed E-state index contributed by atoms with van der Waals surface area (Å²) in [5.41, 5.74) is 1.64. The van der Waals surface area contributed by atoms with Crippen molar-refractivity contribution >= 4 is 17.5 Å². The number of nitrogens with one attached hydrogen (secondary N) is 1. The van der Waals surface area contributed by atoms with Crippen LogP contribution in [0.1, 0.15) is 22.3 Å². The molecule has 1 aromatic carbocycles. The molecule has 116 valence electrons. The maximum Gasteiger partial charge on any atom is 0.251 e. The van der Waals surface area contributed by atoms with E-state index in [1.54, 1.807) is 53.3 Å². The summed E-state index contributed by atoms with van der Waals surface area (Å²) in [7, 11) is 1.79. The summed E-state index contributed by atoms with van der Waals surface area (Å²) in [5.74, 6) is -0.458. The molecule has 2 aromatic rings. The van der Waals surface area contributed by atoms with Crippen LogP contribution in [0.4, 0.5) is 5.69 Å². The first-order chi connectivity index (χ1) is 11.1. The molecule has 1 aliphatic rings. The molecule has 0 radical (unpaired) electrons. The molecule has 0 spiro atoms. The van der Waals surface area contributed by atoms with Gasteiger partial charge in [0.15, 0.2) is 0 Å². The average Bonchev–Trinajstić information content (AvgIpc) is 3.14. The summed E-state index contributed by atoms with van der Waals surface area (Å²) in [6.07, 6.45) is 3.95. The monoisotopic (exact) mass is 309 g/mol. The Labute approximate surface area is 133 Å². The molecule has 2 heterocycles. The van der Waals surface area contributed by atoms with Crippen LogP contribution < -0.4 is 10.2 Å². The van der Waals surface area contributed by atoms with Crippen LogP contribution in [0.5, 0.6) is 0 Å².